The van der Waals surface area contributed by atoms with Crippen LogP contribution in [0.1, 0.15) is 227 Å². The van der Waals surface area contributed by atoms with Gasteiger partial charge in [-0.15, -0.1) is 0 Å². The van der Waals surface area contributed by atoms with Gasteiger partial charge in [0, 0.05) is 10.8 Å². The van der Waals surface area contributed by atoms with Crippen LogP contribution >= 0.6 is 0 Å². The van der Waals surface area contributed by atoms with Crippen molar-refractivity contribution in [3.05, 3.63) is 106 Å². The minimum absolute atomic E-state index is 0.0191. The highest BCUT2D eigenvalue weighted by Gasteiger charge is 2.44. The summed E-state index contributed by atoms with van der Waals surface area (Å²) in [6, 6.07) is 30.6. The molecule has 6 rings (SSSR count). The fourth-order valence-electron chi connectivity index (χ4n) is 14.7. The molecule has 0 amide bonds. The molecule has 0 atom stereocenters. The molecule has 4 aromatic rings. The van der Waals surface area contributed by atoms with Gasteiger partial charge in [-0.3, -0.25) is 0 Å². The molecule has 0 spiro atoms. The molecule has 0 aromatic heterocycles. The van der Waals surface area contributed by atoms with Gasteiger partial charge in [0.25, 0.3) is 0 Å². The Labute approximate surface area is 506 Å². The zero-order chi connectivity index (χ0) is 58.7. The Morgan fingerprint density at radius 2 is 0.524 bits per heavy atom. The van der Waals surface area contributed by atoms with E-state index in [-0.39, 0.29) is 10.8 Å². The van der Waals surface area contributed by atoms with Gasteiger partial charge in [0.2, 0.25) is 0 Å². The minimum atomic E-state index is 0.0191. The molecule has 6 heteroatoms. The summed E-state index contributed by atoms with van der Waals surface area (Å²) in [5.41, 5.74) is 18.3. The quantitative estimate of drug-likeness (QED) is 0.0408. The Morgan fingerprint density at radius 3 is 0.829 bits per heavy atom. The van der Waals surface area contributed by atoms with E-state index in [1.807, 2.05) is 0 Å². The minimum Gasteiger partial charge on any atom is -0.309 e. The van der Waals surface area contributed by atoms with Crippen molar-refractivity contribution >= 4 is 0 Å². The molecule has 0 fully saturated rings. The van der Waals surface area contributed by atoms with Crippen LogP contribution in [0.15, 0.2) is 72.8 Å². The highest BCUT2D eigenvalue weighted by Crippen LogP contribution is 2.57. The van der Waals surface area contributed by atoms with Crippen LogP contribution in [-0.2, 0) is 10.8 Å². The van der Waals surface area contributed by atoms with Crippen molar-refractivity contribution in [1.82, 2.24) is 29.4 Å². The maximum absolute atomic E-state index is 2.78. The first kappa shape index (κ1) is 67.8. The normalized spacial score (nSPS) is 14.1. The van der Waals surface area contributed by atoms with Gasteiger partial charge in [-0.1, -0.05) is 201 Å². The summed E-state index contributed by atoms with van der Waals surface area (Å²) in [6.07, 6.45) is 36.6. The van der Waals surface area contributed by atoms with E-state index in [1.54, 1.807) is 22.3 Å². The molecule has 6 nitrogen and oxygen atoms in total. The molecule has 0 saturated carbocycles. The third-order valence-electron chi connectivity index (χ3n) is 19.3. The molecule has 2 aliphatic rings. The van der Waals surface area contributed by atoms with Gasteiger partial charge in [-0.25, -0.2) is 0 Å². The molecular weight excluding hydrogens is 997 g/mol. The van der Waals surface area contributed by atoms with Crippen molar-refractivity contribution in [2.75, 3.05) is 122 Å². The Bertz CT molecular complexity index is 2330. The van der Waals surface area contributed by atoms with Crippen LogP contribution in [0.3, 0.4) is 0 Å². The predicted molar refractivity (Wildman–Crippen MR) is 362 cm³/mol. The van der Waals surface area contributed by atoms with Crippen molar-refractivity contribution in [2.24, 2.45) is 0 Å². The van der Waals surface area contributed by atoms with Crippen LogP contribution in [-0.4, -0.2) is 151 Å². The fraction of sp³-hybridized carbons (Fsp3) is 0.684. The van der Waals surface area contributed by atoms with E-state index >= 15 is 0 Å². The molecule has 0 saturated heterocycles. The lowest BCUT2D eigenvalue weighted by Crippen LogP contribution is -2.31. The maximum atomic E-state index is 2.78. The number of benzene rings is 4. The van der Waals surface area contributed by atoms with Gasteiger partial charge < -0.3 is 29.4 Å². The first-order valence-corrected chi connectivity index (χ1v) is 34.3. The van der Waals surface area contributed by atoms with Crippen LogP contribution in [0.5, 0.6) is 0 Å². The van der Waals surface area contributed by atoms with Crippen LogP contribution in [0.25, 0.3) is 33.4 Å². The second-order valence-electron chi connectivity index (χ2n) is 27.5. The van der Waals surface area contributed by atoms with Crippen LogP contribution in [0, 0.1) is 13.8 Å². The second-order valence-corrected chi connectivity index (χ2v) is 27.5. The predicted octanol–water partition coefficient (Wildman–Crippen LogP) is 18.3. The molecule has 0 bridgehead atoms. The summed E-state index contributed by atoms with van der Waals surface area (Å²) >= 11 is 0. The van der Waals surface area contributed by atoms with E-state index in [2.05, 4.69) is 186 Å². The molecule has 0 heterocycles. The highest BCUT2D eigenvalue weighted by atomic mass is 15.1. The van der Waals surface area contributed by atoms with Gasteiger partial charge >= 0.3 is 0 Å². The van der Waals surface area contributed by atoms with Gasteiger partial charge in [-0.05, 0) is 268 Å². The Balaban J connectivity index is 1.31. The monoisotopic (exact) mass is 1120 g/mol. The van der Waals surface area contributed by atoms with E-state index in [0.29, 0.717) is 0 Å². The largest absolute Gasteiger partial charge is 0.309 e. The van der Waals surface area contributed by atoms with Crippen LogP contribution in [0.4, 0.5) is 0 Å². The van der Waals surface area contributed by atoms with Crippen molar-refractivity contribution < 1.29 is 0 Å². The van der Waals surface area contributed by atoms with Gasteiger partial charge in [0.1, 0.15) is 0 Å². The Kier molecular flexibility index (Phi) is 29.7. The summed E-state index contributed by atoms with van der Waals surface area (Å²) in [7, 11) is 17.7. The number of unbranched alkanes of at least 4 members (excludes halogenated alkanes) is 16. The summed E-state index contributed by atoms with van der Waals surface area (Å²) in [6.45, 7) is 21.4. The van der Waals surface area contributed by atoms with Crippen molar-refractivity contribution in [3.63, 3.8) is 0 Å². The standard InChI is InChI=1S/C76H124N6/c1-13-15-17-19-21-27-45-75(46-28-22-20-18-16-14-2)71-59-63(3)37-41-67(71)69-43-39-65(61-73(69)75)66-40-44-70-68-42-38-64(4)60-72(68)76(74(70)62-66,47-29-23-25-31-53-81(55-33-49-77(5)6)56-34-50-78(7)8)48-30-24-26-32-54-82(57-35-51-79(9)10)58-36-52-80(11)12/h37-44,59-62H,13-36,45-58H2,1-12H3. The third-order valence-corrected chi connectivity index (χ3v) is 19.3. The molecule has 0 N–H and O–H groups in total. The van der Waals surface area contributed by atoms with Gasteiger partial charge in [0.05, 0.1) is 0 Å². The van der Waals surface area contributed by atoms with Crippen LogP contribution < -0.4 is 0 Å². The molecule has 0 aliphatic heterocycles. The zero-order valence-corrected chi connectivity index (χ0v) is 55.5. The average Bonchev–Trinajstić information content (AvgIpc) is 3.09. The van der Waals surface area contributed by atoms with Crippen molar-refractivity contribution in [2.45, 2.75) is 218 Å². The van der Waals surface area contributed by atoms with E-state index in [1.165, 1.54) is 290 Å². The first-order valence-electron chi connectivity index (χ1n) is 34.3. The molecule has 82 heavy (non-hydrogen) atoms. The summed E-state index contributed by atoms with van der Waals surface area (Å²) in [5, 5.41) is 0. The third kappa shape index (κ3) is 20.4. The fourth-order valence-corrected chi connectivity index (χ4v) is 14.7. The SMILES string of the molecule is CCCCCCCCC1(CCCCCCCC)c2cc(C)ccc2-c2ccc(-c3ccc4c(c3)C(CCCCCCN(CCCN(C)C)CCCN(C)C)(CCCCCCN(CCCN(C)C)CCCN(C)C)c3cc(C)ccc3-4)cc21. The number of hydrogen-bond acceptors (Lipinski definition) is 6. The second kappa shape index (κ2) is 35.9. The Morgan fingerprint density at radius 1 is 0.268 bits per heavy atom. The summed E-state index contributed by atoms with van der Waals surface area (Å²) in [4.78, 5) is 14.9. The van der Waals surface area contributed by atoms with E-state index in [9.17, 15) is 0 Å². The lowest BCUT2D eigenvalue weighted by atomic mass is 9.69. The summed E-state index contributed by atoms with van der Waals surface area (Å²) in [5.74, 6) is 0. The topological polar surface area (TPSA) is 19.4 Å². The number of nitrogens with zero attached hydrogens (tertiary/aromatic N) is 6. The van der Waals surface area contributed by atoms with Crippen LogP contribution in [0.2, 0.25) is 0 Å². The zero-order valence-electron chi connectivity index (χ0n) is 55.5. The van der Waals surface area contributed by atoms with E-state index in [4.69, 9.17) is 0 Å². The van der Waals surface area contributed by atoms with Crippen molar-refractivity contribution in [1.29, 1.82) is 0 Å². The molecule has 4 aromatic carbocycles. The molecule has 458 valence electrons. The number of fused-ring (bicyclic) bond motifs is 6. The lowest BCUT2D eigenvalue weighted by molar-refractivity contribution is 0.235. The number of hydrogen-bond donors (Lipinski definition) is 0. The lowest BCUT2D eigenvalue weighted by Gasteiger charge is -2.34. The maximum Gasteiger partial charge on any atom is 0.0215 e. The number of aryl methyl sites for hydroxylation is 2. The van der Waals surface area contributed by atoms with E-state index in [0.717, 1.165) is 0 Å². The molecule has 0 unspecified atom stereocenters. The van der Waals surface area contributed by atoms with Crippen molar-refractivity contribution in [3.8, 4) is 33.4 Å². The molecule has 2 aliphatic carbocycles. The average molecular weight is 1120 g/mol. The first-order chi connectivity index (χ1) is 39.7. The number of rotatable bonds is 45. The Hall–Kier alpha value is -3.36. The summed E-state index contributed by atoms with van der Waals surface area (Å²) < 4.78 is 0. The van der Waals surface area contributed by atoms with Gasteiger partial charge in [-0.2, -0.15) is 0 Å². The van der Waals surface area contributed by atoms with Gasteiger partial charge in [0.15, 0.2) is 0 Å². The smallest absolute Gasteiger partial charge is 0.0215 e. The van der Waals surface area contributed by atoms with E-state index < -0.39 is 0 Å². The molecule has 0 radical (unpaired) electrons. The molecular formula is C76H124N6. The highest BCUT2D eigenvalue weighted by molar-refractivity contribution is 5.87.